The molecule has 6 aromatic rings. The highest BCUT2D eigenvalue weighted by atomic mass is 32.2. The first-order valence-corrected chi connectivity index (χ1v) is 19.3. The monoisotopic (exact) mass is 776 g/mol. The number of phenols is 1. The average Bonchev–Trinajstić information content (AvgIpc) is 3.73. The third-order valence-electron chi connectivity index (χ3n) is 9.14. The van der Waals surface area contributed by atoms with Gasteiger partial charge >= 0.3 is 11.7 Å². The number of nitrogens with zero attached hydrogens (tertiary/aromatic N) is 4. The van der Waals surface area contributed by atoms with E-state index in [1.54, 1.807) is 42.1 Å². The number of carbonyl (C=O) groups is 2. The number of aromatic hydroxyl groups is 1. The molecular weight excluding hydrogens is 733 g/mol. The molecule has 0 aliphatic heterocycles. The number of nitro groups is 1. The highest BCUT2D eigenvalue weighted by Gasteiger charge is 2.23. The SMILES string of the molecule is CCCCCCCCSc1nn[nH]n1.Cc1ccc(C(C)c2ccc(Oc3cc(C(=O)Nc4ccc(C(=O)O)cc4)c(O)c4ccccc34)c([N+](=O)[O-])c2)cc1. The highest BCUT2D eigenvalue weighted by Crippen LogP contribution is 2.41. The standard InChI is InChI=1S/C33H26N2O7.C9H18N4S/c1-19-7-9-21(10-8-19)20(2)23-13-16-29(28(17-23)35(40)41)42-30-18-27(31(36)26-6-4-3-5-25(26)30)32(37)34-24-14-11-22(12-15-24)33(38)39;1-2-3-4-5-6-7-8-14-9-10-12-13-11-9/h3-18,20,36H,1-2H3,(H,34,37)(H,38,39);2-8H2,1H3,(H,10,11,12,13). The summed E-state index contributed by atoms with van der Waals surface area (Å²) >= 11 is 1.67. The zero-order valence-electron chi connectivity index (χ0n) is 31.4. The van der Waals surface area contributed by atoms with Gasteiger partial charge in [0.05, 0.1) is 16.1 Å². The molecule has 13 nitrogen and oxygen atoms in total. The number of carboxylic acid groups (broad SMARTS) is 1. The molecule has 0 spiro atoms. The Morgan fingerprint density at radius 1 is 0.893 bits per heavy atom. The molecule has 290 valence electrons. The number of ether oxygens (including phenoxy) is 1. The number of benzene rings is 5. The Bertz CT molecular complexity index is 2250. The summed E-state index contributed by atoms with van der Waals surface area (Å²) in [6.07, 6.45) is 8.01. The molecule has 4 N–H and O–H groups in total. The molecule has 1 amide bonds. The number of aromatic nitrogens is 4. The fourth-order valence-electron chi connectivity index (χ4n) is 5.94. The van der Waals surface area contributed by atoms with E-state index in [2.05, 4.69) is 32.9 Å². The van der Waals surface area contributed by atoms with E-state index in [0.29, 0.717) is 16.5 Å². The molecule has 1 unspecified atom stereocenters. The summed E-state index contributed by atoms with van der Waals surface area (Å²) in [5.74, 6) is -0.965. The second-order valence-electron chi connectivity index (χ2n) is 13.2. The van der Waals surface area contributed by atoms with Gasteiger partial charge in [0.15, 0.2) is 0 Å². The Kier molecular flexibility index (Phi) is 14.5. The van der Waals surface area contributed by atoms with Gasteiger partial charge in [-0.05, 0) is 66.1 Å². The summed E-state index contributed by atoms with van der Waals surface area (Å²) in [4.78, 5) is 35.9. The summed E-state index contributed by atoms with van der Waals surface area (Å²) in [7, 11) is 0. The minimum absolute atomic E-state index is 0.0219. The van der Waals surface area contributed by atoms with Gasteiger partial charge in [0.1, 0.15) is 11.5 Å². The van der Waals surface area contributed by atoms with Crippen molar-refractivity contribution >= 4 is 45.8 Å². The molecule has 56 heavy (non-hydrogen) atoms. The van der Waals surface area contributed by atoms with E-state index in [0.717, 1.165) is 27.6 Å². The number of tetrazole rings is 1. The number of rotatable bonds is 16. The fraction of sp³-hybridized carbons (Fsp3) is 0.262. The van der Waals surface area contributed by atoms with Crippen LogP contribution in [0.2, 0.25) is 0 Å². The number of aryl methyl sites for hydroxylation is 1. The van der Waals surface area contributed by atoms with E-state index in [4.69, 9.17) is 9.84 Å². The third-order valence-corrected chi connectivity index (χ3v) is 10.1. The second kappa shape index (κ2) is 19.9. The number of hydrogen-bond donors (Lipinski definition) is 4. The number of hydrogen-bond acceptors (Lipinski definition) is 10. The highest BCUT2D eigenvalue weighted by molar-refractivity contribution is 7.99. The van der Waals surface area contributed by atoms with Crippen LogP contribution in [0.25, 0.3) is 10.8 Å². The number of carbonyl (C=O) groups excluding carboxylic acids is 1. The van der Waals surface area contributed by atoms with E-state index in [9.17, 15) is 24.8 Å². The van der Waals surface area contributed by atoms with Crippen molar-refractivity contribution in [3.8, 4) is 17.2 Å². The predicted molar refractivity (Wildman–Crippen MR) is 217 cm³/mol. The minimum atomic E-state index is -1.10. The summed E-state index contributed by atoms with van der Waals surface area (Å²) in [5.41, 5.74) is 2.87. The number of phenolic OH excluding ortho intramolecular Hbond substituents is 1. The van der Waals surface area contributed by atoms with Crippen LogP contribution in [0.1, 0.15) is 95.7 Å². The normalized spacial score (nSPS) is 11.3. The van der Waals surface area contributed by atoms with Crippen molar-refractivity contribution in [2.24, 2.45) is 0 Å². The molecule has 0 aliphatic carbocycles. The Morgan fingerprint density at radius 3 is 2.23 bits per heavy atom. The van der Waals surface area contributed by atoms with E-state index in [1.165, 1.54) is 81.0 Å². The quantitative estimate of drug-likeness (QED) is 0.0316. The molecule has 1 heterocycles. The Balaban J connectivity index is 0.000000362. The molecule has 6 rings (SSSR count). The van der Waals surface area contributed by atoms with Gasteiger partial charge in [0.25, 0.3) is 5.91 Å². The number of thioether (sulfide) groups is 1. The van der Waals surface area contributed by atoms with Crippen LogP contribution in [0.15, 0.2) is 102 Å². The van der Waals surface area contributed by atoms with Crippen LogP contribution < -0.4 is 10.1 Å². The number of amides is 1. The molecule has 1 aromatic heterocycles. The summed E-state index contributed by atoms with van der Waals surface area (Å²) < 4.78 is 6.08. The summed E-state index contributed by atoms with van der Waals surface area (Å²) in [6, 6.07) is 26.3. The van der Waals surface area contributed by atoms with E-state index in [1.807, 2.05) is 38.1 Å². The lowest BCUT2D eigenvalue weighted by Gasteiger charge is -2.16. The zero-order chi connectivity index (χ0) is 40.0. The van der Waals surface area contributed by atoms with Crippen LogP contribution in [0, 0.1) is 17.0 Å². The van der Waals surface area contributed by atoms with Crippen molar-refractivity contribution in [2.75, 3.05) is 11.1 Å². The summed E-state index contributed by atoms with van der Waals surface area (Å²) in [5, 5.41) is 50.1. The molecule has 14 heteroatoms. The molecule has 0 saturated carbocycles. The number of H-pyrrole nitrogens is 1. The van der Waals surface area contributed by atoms with Crippen LogP contribution in [-0.4, -0.2) is 53.4 Å². The summed E-state index contributed by atoms with van der Waals surface area (Å²) in [6.45, 7) is 6.20. The largest absolute Gasteiger partial charge is 0.506 e. The van der Waals surface area contributed by atoms with Crippen LogP contribution in [0.3, 0.4) is 0 Å². The number of fused-ring (bicyclic) bond motifs is 1. The molecule has 5 aromatic carbocycles. The van der Waals surface area contributed by atoms with Crippen molar-refractivity contribution < 1.29 is 29.5 Å². The lowest BCUT2D eigenvalue weighted by atomic mass is 9.92. The molecule has 1 atom stereocenters. The van der Waals surface area contributed by atoms with Crippen LogP contribution in [0.4, 0.5) is 11.4 Å². The van der Waals surface area contributed by atoms with Gasteiger partial charge in [-0.25, -0.2) is 4.79 Å². The average molecular weight is 777 g/mol. The van der Waals surface area contributed by atoms with Crippen molar-refractivity contribution in [1.82, 2.24) is 20.6 Å². The molecule has 0 bridgehead atoms. The van der Waals surface area contributed by atoms with Gasteiger partial charge < -0.3 is 20.3 Å². The Labute approximate surface area is 328 Å². The van der Waals surface area contributed by atoms with Crippen molar-refractivity contribution in [3.05, 3.63) is 135 Å². The van der Waals surface area contributed by atoms with Crippen molar-refractivity contribution in [2.45, 2.75) is 70.4 Å². The second-order valence-corrected chi connectivity index (χ2v) is 14.2. The molecule has 0 fully saturated rings. The predicted octanol–water partition coefficient (Wildman–Crippen LogP) is 10.3. The topological polar surface area (TPSA) is 193 Å². The maximum Gasteiger partial charge on any atom is 0.335 e. The van der Waals surface area contributed by atoms with Gasteiger partial charge in [-0.2, -0.15) is 5.21 Å². The molecular formula is C42H44N6O7S. The van der Waals surface area contributed by atoms with Crippen LogP contribution in [-0.2, 0) is 0 Å². The number of aromatic carboxylic acids is 1. The number of anilines is 1. The minimum Gasteiger partial charge on any atom is -0.506 e. The van der Waals surface area contributed by atoms with E-state index >= 15 is 0 Å². The smallest absolute Gasteiger partial charge is 0.335 e. The first kappa shape index (κ1) is 40.9. The van der Waals surface area contributed by atoms with Gasteiger partial charge in [-0.1, -0.05) is 118 Å². The van der Waals surface area contributed by atoms with Crippen molar-refractivity contribution in [3.63, 3.8) is 0 Å². The Morgan fingerprint density at radius 2 is 1.57 bits per heavy atom. The van der Waals surface area contributed by atoms with Crippen LogP contribution in [0.5, 0.6) is 17.2 Å². The number of unbranched alkanes of at least 4 members (excludes halogenated alkanes) is 5. The molecule has 0 saturated heterocycles. The first-order valence-electron chi connectivity index (χ1n) is 18.3. The van der Waals surface area contributed by atoms with Gasteiger partial charge in [0.2, 0.25) is 10.9 Å². The number of aromatic amines is 1. The van der Waals surface area contributed by atoms with Crippen LogP contribution >= 0.6 is 11.8 Å². The first-order chi connectivity index (χ1) is 27.0. The molecule has 0 aliphatic rings. The van der Waals surface area contributed by atoms with E-state index < -0.39 is 16.8 Å². The van der Waals surface area contributed by atoms with Gasteiger partial charge in [0, 0.05) is 34.2 Å². The number of carboxylic acids is 1. The third kappa shape index (κ3) is 10.9. The number of nitro benzene ring substituents is 1. The van der Waals surface area contributed by atoms with Gasteiger partial charge in [-0.15, -0.1) is 10.2 Å². The maximum absolute atomic E-state index is 13.2. The fourth-order valence-corrected chi connectivity index (χ4v) is 6.67. The van der Waals surface area contributed by atoms with E-state index in [-0.39, 0.29) is 40.0 Å². The van der Waals surface area contributed by atoms with Gasteiger partial charge in [-0.3, -0.25) is 14.9 Å². The number of nitrogens with one attached hydrogen (secondary N) is 2. The lowest BCUT2D eigenvalue weighted by molar-refractivity contribution is -0.385. The Hall–Kier alpha value is -6.28. The zero-order valence-corrected chi connectivity index (χ0v) is 32.2. The lowest BCUT2D eigenvalue weighted by Crippen LogP contribution is -2.12. The molecule has 0 radical (unpaired) electrons. The van der Waals surface area contributed by atoms with Crippen molar-refractivity contribution in [1.29, 1.82) is 0 Å². The maximum atomic E-state index is 13.2.